The molecule has 0 aliphatic heterocycles. The number of amides is 2. The molecule has 1 rings (SSSR count). The van der Waals surface area contributed by atoms with Gasteiger partial charge in [-0.2, -0.15) is 0 Å². The van der Waals surface area contributed by atoms with Crippen molar-refractivity contribution in [2.24, 2.45) is 5.73 Å². The van der Waals surface area contributed by atoms with Gasteiger partial charge in [-0.3, -0.25) is 9.59 Å². The van der Waals surface area contributed by atoms with Gasteiger partial charge in [0.25, 0.3) is 5.91 Å². The molecule has 0 heterocycles. The zero-order valence-electron chi connectivity index (χ0n) is 9.79. The minimum atomic E-state index is -0.430. The molecule has 0 saturated carbocycles. The number of primary amides is 1. The van der Waals surface area contributed by atoms with E-state index < -0.39 is 5.91 Å². The zero-order valence-corrected chi connectivity index (χ0v) is 11.4. The molecule has 0 bridgehead atoms. The molecule has 0 spiro atoms. The van der Waals surface area contributed by atoms with Crippen molar-refractivity contribution in [3.8, 4) is 0 Å². The van der Waals surface area contributed by atoms with Crippen molar-refractivity contribution < 1.29 is 9.59 Å². The van der Waals surface area contributed by atoms with Gasteiger partial charge in [-0.1, -0.05) is 11.6 Å². The SMILES string of the molecule is Cc1ccc(Br)c(C(=O)NC(C)CC(N)=O)c1. The summed E-state index contributed by atoms with van der Waals surface area (Å²) in [6.45, 7) is 3.66. The lowest BCUT2D eigenvalue weighted by atomic mass is 10.1. The molecule has 0 radical (unpaired) electrons. The number of carbonyl (C=O) groups excluding carboxylic acids is 2. The Balaban J connectivity index is 2.76. The topological polar surface area (TPSA) is 72.2 Å². The molecule has 1 aromatic rings. The molecule has 17 heavy (non-hydrogen) atoms. The van der Waals surface area contributed by atoms with Crippen LogP contribution in [0.1, 0.15) is 29.3 Å². The molecule has 0 aromatic heterocycles. The van der Waals surface area contributed by atoms with Gasteiger partial charge in [-0.05, 0) is 41.9 Å². The van der Waals surface area contributed by atoms with Gasteiger partial charge >= 0.3 is 0 Å². The van der Waals surface area contributed by atoms with Crippen LogP contribution in [0.25, 0.3) is 0 Å². The van der Waals surface area contributed by atoms with E-state index in [1.807, 2.05) is 19.1 Å². The number of hydrogen-bond donors (Lipinski definition) is 2. The van der Waals surface area contributed by atoms with Crippen LogP contribution in [0.15, 0.2) is 22.7 Å². The number of nitrogens with two attached hydrogens (primary N) is 1. The van der Waals surface area contributed by atoms with E-state index in [9.17, 15) is 9.59 Å². The average Bonchev–Trinajstić information content (AvgIpc) is 2.20. The molecule has 0 saturated heterocycles. The van der Waals surface area contributed by atoms with Crippen LogP contribution in [0, 0.1) is 6.92 Å². The molecule has 4 nitrogen and oxygen atoms in total. The number of hydrogen-bond acceptors (Lipinski definition) is 2. The summed E-state index contributed by atoms with van der Waals surface area (Å²) in [5, 5.41) is 2.73. The fourth-order valence-corrected chi connectivity index (χ4v) is 1.89. The Kier molecular flexibility index (Phi) is 4.69. The van der Waals surface area contributed by atoms with Crippen molar-refractivity contribution in [2.45, 2.75) is 26.3 Å². The molecule has 1 atom stereocenters. The largest absolute Gasteiger partial charge is 0.370 e. The van der Waals surface area contributed by atoms with Gasteiger partial charge in [0, 0.05) is 16.9 Å². The summed E-state index contributed by atoms with van der Waals surface area (Å²) in [6, 6.07) is 5.25. The molecule has 1 unspecified atom stereocenters. The lowest BCUT2D eigenvalue weighted by Gasteiger charge is -2.13. The van der Waals surface area contributed by atoms with Crippen molar-refractivity contribution in [1.29, 1.82) is 0 Å². The van der Waals surface area contributed by atoms with Gasteiger partial charge in [-0.25, -0.2) is 0 Å². The molecule has 3 N–H and O–H groups in total. The number of nitrogens with one attached hydrogen (secondary N) is 1. The van der Waals surface area contributed by atoms with Crippen molar-refractivity contribution in [1.82, 2.24) is 5.32 Å². The van der Waals surface area contributed by atoms with Crippen LogP contribution in [0.2, 0.25) is 0 Å². The van der Waals surface area contributed by atoms with Crippen LogP contribution >= 0.6 is 15.9 Å². The van der Waals surface area contributed by atoms with Crippen LogP contribution in [0.3, 0.4) is 0 Å². The third-order valence-corrected chi connectivity index (χ3v) is 2.94. The van der Waals surface area contributed by atoms with E-state index in [1.54, 1.807) is 13.0 Å². The minimum absolute atomic E-state index is 0.134. The first-order valence-corrected chi connectivity index (χ1v) is 6.04. The standard InChI is InChI=1S/C12H15BrN2O2/c1-7-3-4-10(13)9(5-7)12(17)15-8(2)6-11(14)16/h3-5,8H,6H2,1-2H3,(H2,14,16)(H,15,17). The Hall–Kier alpha value is -1.36. The Morgan fingerprint density at radius 3 is 2.71 bits per heavy atom. The number of carbonyl (C=O) groups is 2. The number of benzene rings is 1. The third-order valence-electron chi connectivity index (χ3n) is 2.25. The van der Waals surface area contributed by atoms with E-state index in [0.717, 1.165) is 10.0 Å². The molecular weight excluding hydrogens is 284 g/mol. The minimum Gasteiger partial charge on any atom is -0.370 e. The highest BCUT2D eigenvalue weighted by atomic mass is 79.9. The quantitative estimate of drug-likeness (QED) is 0.889. The van der Waals surface area contributed by atoms with E-state index in [1.165, 1.54) is 0 Å². The second kappa shape index (κ2) is 5.82. The van der Waals surface area contributed by atoms with Crippen LogP contribution in [0.4, 0.5) is 0 Å². The van der Waals surface area contributed by atoms with Crippen molar-refractivity contribution in [3.63, 3.8) is 0 Å². The van der Waals surface area contributed by atoms with Crippen LogP contribution < -0.4 is 11.1 Å². The third kappa shape index (κ3) is 4.19. The summed E-state index contributed by atoms with van der Waals surface area (Å²) in [7, 11) is 0. The van der Waals surface area contributed by atoms with Gasteiger partial charge in [-0.15, -0.1) is 0 Å². The summed E-state index contributed by atoms with van der Waals surface area (Å²) in [6.07, 6.45) is 0.134. The molecule has 0 aliphatic rings. The summed E-state index contributed by atoms with van der Waals surface area (Å²) in [5.74, 6) is -0.643. The molecule has 0 aliphatic carbocycles. The highest BCUT2D eigenvalue weighted by Gasteiger charge is 2.14. The highest BCUT2D eigenvalue weighted by Crippen LogP contribution is 2.18. The normalized spacial score (nSPS) is 11.9. The maximum absolute atomic E-state index is 11.9. The average molecular weight is 299 g/mol. The fraction of sp³-hybridized carbons (Fsp3) is 0.333. The summed E-state index contributed by atoms with van der Waals surface area (Å²) in [4.78, 5) is 22.6. The van der Waals surface area contributed by atoms with Crippen LogP contribution in [-0.2, 0) is 4.79 Å². The maximum atomic E-state index is 11.9. The second-order valence-electron chi connectivity index (χ2n) is 4.03. The highest BCUT2D eigenvalue weighted by molar-refractivity contribution is 9.10. The van der Waals surface area contributed by atoms with Crippen LogP contribution in [-0.4, -0.2) is 17.9 Å². The Labute approximate surface area is 109 Å². The second-order valence-corrected chi connectivity index (χ2v) is 4.88. The van der Waals surface area contributed by atoms with Gasteiger partial charge in [0.2, 0.25) is 5.91 Å². The van der Waals surface area contributed by atoms with Gasteiger partial charge in [0.15, 0.2) is 0 Å². The van der Waals surface area contributed by atoms with Gasteiger partial charge in [0.05, 0.1) is 5.56 Å². The van der Waals surface area contributed by atoms with E-state index in [-0.39, 0.29) is 18.4 Å². The molecule has 92 valence electrons. The number of aryl methyl sites for hydroxylation is 1. The first-order chi connectivity index (χ1) is 7.90. The van der Waals surface area contributed by atoms with Crippen molar-refractivity contribution in [2.75, 3.05) is 0 Å². The van der Waals surface area contributed by atoms with Crippen molar-refractivity contribution in [3.05, 3.63) is 33.8 Å². The lowest BCUT2D eigenvalue weighted by molar-refractivity contribution is -0.118. The Morgan fingerprint density at radius 1 is 1.47 bits per heavy atom. The monoisotopic (exact) mass is 298 g/mol. The first-order valence-electron chi connectivity index (χ1n) is 5.25. The molecular formula is C12H15BrN2O2. The lowest BCUT2D eigenvalue weighted by Crippen LogP contribution is -2.35. The summed E-state index contributed by atoms with van der Waals surface area (Å²) >= 11 is 3.32. The summed E-state index contributed by atoms with van der Waals surface area (Å²) < 4.78 is 0.729. The smallest absolute Gasteiger partial charge is 0.252 e. The first kappa shape index (κ1) is 13.7. The number of rotatable bonds is 4. The Bertz CT molecular complexity index is 446. The van der Waals surface area contributed by atoms with E-state index in [2.05, 4.69) is 21.2 Å². The van der Waals surface area contributed by atoms with Gasteiger partial charge in [0.1, 0.15) is 0 Å². The van der Waals surface area contributed by atoms with Gasteiger partial charge < -0.3 is 11.1 Å². The van der Waals surface area contributed by atoms with E-state index in [0.29, 0.717) is 5.56 Å². The predicted molar refractivity (Wildman–Crippen MR) is 69.6 cm³/mol. The van der Waals surface area contributed by atoms with E-state index >= 15 is 0 Å². The maximum Gasteiger partial charge on any atom is 0.252 e. The van der Waals surface area contributed by atoms with E-state index in [4.69, 9.17) is 5.73 Å². The summed E-state index contributed by atoms with van der Waals surface area (Å²) in [5.41, 5.74) is 6.62. The molecule has 5 heteroatoms. The molecule has 1 aromatic carbocycles. The number of halogens is 1. The Morgan fingerprint density at radius 2 is 2.12 bits per heavy atom. The molecule has 2 amide bonds. The molecule has 0 fully saturated rings. The van der Waals surface area contributed by atoms with Crippen molar-refractivity contribution >= 4 is 27.7 Å². The fourth-order valence-electron chi connectivity index (χ4n) is 1.47. The predicted octanol–water partition coefficient (Wildman–Crippen LogP) is 1.75. The van der Waals surface area contributed by atoms with Crippen LogP contribution in [0.5, 0.6) is 0 Å². The zero-order chi connectivity index (χ0) is 13.0.